The van der Waals surface area contributed by atoms with Gasteiger partial charge in [0.2, 0.25) is 5.91 Å². The van der Waals surface area contributed by atoms with Crippen molar-refractivity contribution in [3.63, 3.8) is 0 Å². The van der Waals surface area contributed by atoms with Gasteiger partial charge in [-0.1, -0.05) is 34.1 Å². The summed E-state index contributed by atoms with van der Waals surface area (Å²) < 4.78 is 0. The van der Waals surface area contributed by atoms with E-state index in [9.17, 15) is 4.79 Å². The van der Waals surface area contributed by atoms with Gasteiger partial charge in [0, 0.05) is 31.3 Å². The molecule has 1 saturated heterocycles. The fourth-order valence-corrected chi connectivity index (χ4v) is 2.86. The van der Waals surface area contributed by atoms with Crippen molar-refractivity contribution in [1.29, 1.82) is 0 Å². The van der Waals surface area contributed by atoms with Crippen LogP contribution in [0, 0.1) is 12.3 Å². The molecule has 1 aliphatic heterocycles. The summed E-state index contributed by atoms with van der Waals surface area (Å²) in [7, 11) is 0. The molecule has 0 aliphatic carbocycles. The summed E-state index contributed by atoms with van der Waals surface area (Å²) in [6, 6.07) is 0.139. The lowest BCUT2D eigenvalue weighted by atomic mass is 9.96. The molecule has 1 aromatic heterocycles. The Balaban J connectivity index is 2.06. The molecule has 2 heterocycles. The number of carbonyl (C=O) groups excluding carboxylic acids is 1. The third kappa shape index (κ3) is 4.42. The van der Waals surface area contributed by atoms with E-state index in [0.717, 1.165) is 43.1 Å². The molecule has 22 heavy (non-hydrogen) atoms. The van der Waals surface area contributed by atoms with E-state index in [4.69, 9.17) is 0 Å². The standard InChI is InChI=1S/C17H28N4O/c1-6-7-13-9-18-12(2)19-16(13)20-14-8-15(22)21(10-14)11-17(3,4)5/h9,14H,6-8,10-11H2,1-5H3,(H,18,19,20). The number of hydrogen-bond donors (Lipinski definition) is 1. The highest BCUT2D eigenvalue weighted by Gasteiger charge is 2.32. The second-order valence-electron chi connectivity index (χ2n) is 7.42. The predicted molar refractivity (Wildman–Crippen MR) is 88.8 cm³/mol. The van der Waals surface area contributed by atoms with Gasteiger partial charge >= 0.3 is 0 Å². The van der Waals surface area contributed by atoms with Crippen molar-refractivity contribution >= 4 is 11.7 Å². The number of carbonyl (C=O) groups is 1. The smallest absolute Gasteiger partial charge is 0.224 e. The Morgan fingerprint density at radius 2 is 2.14 bits per heavy atom. The Morgan fingerprint density at radius 1 is 1.41 bits per heavy atom. The van der Waals surface area contributed by atoms with Gasteiger partial charge in [0.15, 0.2) is 0 Å². The van der Waals surface area contributed by atoms with Crippen molar-refractivity contribution in [3.05, 3.63) is 17.6 Å². The molecular formula is C17H28N4O. The van der Waals surface area contributed by atoms with E-state index >= 15 is 0 Å². The van der Waals surface area contributed by atoms with Gasteiger partial charge in [-0.15, -0.1) is 0 Å². The van der Waals surface area contributed by atoms with Crippen molar-refractivity contribution in [2.24, 2.45) is 5.41 Å². The number of amides is 1. The van der Waals surface area contributed by atoms with Crippen LogP contribution < -0.4 is 5.32 Å². The molecule has 1 aliphatic rings. The van der Waals surface area contributed by atoms with Gasteiger partial charge in [0.05, 0.1) is 6.04 Å². The highest BCUT2D eigenvalue weighted by atomic mass is 16.2. The van der Waals surface area contributed by atoms with E-state index in [1.807, 2.05) is 18.0 Å². The molecule has 1 unspecified atom stereocenters. The Kier molecular flexibility index (Phi) is 5.04. The summed E-state index contributed by atoms with van der Waals surface area (Å²) in [5.41, 5.74) is 1.26. The quantitative estimate of drug-likeness (QED) is 0.909. The fourth-order valence-electron chi connectivity index (χ4n) is 2.86. The molecule has 0 radical (unpaired) electrons. The maximum absolute atomic E-state index is 12.2. The number of likely N-dealkylation sites (tertiary alicyclic amines) is 1. The van der Waals surface area contributed by atoms with E-state index in [-0.39, 0.29) is 17.4 Å². The predicted octanol–water partition coefficient (Wildman–Crippen LogP) is 2.80. The lowest BCUT2D eigenvalue weighted by molar-refractivity contribution is -0.128. The Bertz CT molecular complexity index is 536. The van der Waals surface area contributed by atoms with Gasteiger partial charge in [-0.05, 0) is 18.8 Å². The molecule has 122 valence electrons. The van der Waals surface area contributed by atoms with Gasteiger partial charge in [-0.3, -0.25) is 4.79 Å². The Morgan fingerprint density at radius 3 is 2.77 bits per heavy atom. The molecule has 2 rings (SSSR count). The molecular weight excluding hydrogens is 276 g/mol. The minimum atomic E-state index is 0.128. The van der Waals surface area contributed by atoms with Gasteiger partial charge in [-0.25, -0.2) is 9.97 Å². The molecule has 0 saturated carbocycles. The summed E-state index contributed by atoms with van der Waals surface area (Å²) >= 11 is 0. The average Bonchev–Trinajstić information content (AvgIpc) is 2.71. The molecule has 1 fully saturated rings. The molecule has 0 spiro atoms. The lowest BCUT2D eigenvalue weighted by Gasteiger charge is -2.26. The molecule has 1 amide bonds. The van der Waals surface area contributed by atoms with Crippen LogP contribution in [-0.4, -0.2) is 39.9 Å². The molecule has 5 nitrogen and oxygen atoms in total. The van der Waals surface area contributed by atoms with Gasteiger partial charge in [0.1, 0.15) is 11.6 Å². The lowest BCUT2D eigenvalue weighted by Crippen LogP contribution is -2.35. The molecule has 1 N–H and O–H groups in total. The monoisotopic (exact) mass is 304 g/mol. The van der Waals surface area contributed by atoms with Crippen LogP contribution in [-0.2, 0) is 11.2 Å². The number of hydrogen-bond acceptors (Lipinski definition) is 4. The SMILES string of the molecule is CCCc1cnc(C)nc1NC1CC(=O)N(CC(C)(C)C)C1. The van der Waals surface area contributed by atoms with Crippen LogP contribution in [0.5, 0.6) is 0 Å². The Hall–Kier alpha value is -1.65. The first-order valence-corrected chi connectivity index (χ1v) is 8.15. The van der Waals surface area contributed by atoms with E-state index in [2.05, 4.69) is 43.0 Å². The molecule has 1 atom stereocenters. The molecule has 5 heteroatoms. The topological polar surface area (TPSA) is 58.1 Å². The average molecular weight is 304 g/mol. The fraction of sp³-hybridized carbons (Fsp3) is 0.706. The second kappa shape index (κ2) is 6.63. The van der Waals surface area contributed by atoms with E-state index < -0.39 is 0 Å². The van der Waals surface area contributed by atoms with Gasteiger partial charge in [0.25, 0.3) is 0 Å². The maximum Gasteiger partial charge on any atom is 0.224 e. The third-order valence-corrected chi connectivity index (χ3v) is 3.72. The van der Waals surface area contributed by atoms with Crippen molar-refractivity contribution in [2.45, 2.75) is 59.9 Å². The first kappa shape index (κ1) is 16.7. The summed E-state index contributed by atoms with van der Waals surface area (Å²) in [5.74, 6) is 1.89. The Labute approximate surface area is 133 Å². The third-order valence-electron chi connectivity index (χ3n) is 3.72. The van der Waals surface area contributed by atoms with Crippen molar-refractivity contribution in [2.75, 3.05) is 18.4 Å². The second-order valence-corrected chi connectivity index (χ2v) is 7.42. The zero-order valence-corrected chi connectivity index (χ0v) is 14.4. The first-order chi connectivity index (χ1) is 10.3. The minimum Gasteiger partial charge on any atom is -0.365 e. The number of aryl methyl sites for hydroxylation is 2. The van der Waals surface area contributed by atoms with Crippen LogP contribution in [0.3, 0.4) is 0 Å². The van der Waals surface area contributed by atoms with E-state index in [1.165, 1.54) is 0 Å². The number of nitrogens with one attached hydrogen (secondary N) is 1. The van der Waals surface area contributed by atoms with E-state index in [0.29, 0.717) is 6.42 Å². The van der Waals surface area contributed by atoms with Crippen molar-refractivity contribution in [3.8, 4) is 0 Å². The van der Waals surface area contributed by atoms with Crippen LogP contribution >= 0.6 is 0 Å². The molecule has 0 aromatic carbocycles. The van der Waals surface area contributed by atoms with Crippen LogP contribution in [0.1, 0.15) is 51.9 Å². The number of rotatable bonds is 5. The summed E-state index contributed by atoms with van der Waals surface area (Å²) in [6.07, 6.45) is 4.46. The number of nitrogens with zero attached hydrogens (tertiary/aromatic N) is 3. The largest absolute Gasteiger partial charge is 0.365 e. The van der Waals surface area contributed by atoms with Crippen molar-refractivity contribution < 1.29 is 4.79 Å². The zero-order valence-electron chi connectivity index (χ0n) is 14.4. The first-order valence-electron chi connectivity index (χ1n) is 8.15. The molecule has 1 aromatic rings. The van der Waals surface area contributed by atoms with Crippen LogP contribution in [0.2, 0.25) is 0 Å². The van der Waals surface area contributed by atoms with Crippen LogP contribution in [0.4, 0.5) is 5.82 Å². The van der Waals surface area contributed by atoms with Crippen LogP contribution in [0.15, 0.2) is 6.20 Å². The number of anilines is 1. The highest BCUT2D eigenvalue weighted by Crippen LogP contribution is 2.23. The highest BCUT2D eigenvalue weighted by molar-refractivity contribution is 5.80. The van der Waals surface area contributed by atoms with Crippen LogP contribution in [0.25, 0.3) is 0 Å². The van der Waals surface area contributed by atoms with Gasteiger partial charge in [-0.2, -0.15) is 0 Å². The van der Waals surface area contributed by atoms with E-state index in [1.54, 1.807) is 0 Å². The zero-order chi connectivity index (χ0) is 16.3. The summed E-state index contributed by atoms with van der Waals surface area (Å²) in [5, 5.41) is 3.47. The summed E-state index contributed by atoms with van der Waals surface area (Å²) in [4.78, 5) is 23.0. The maximum atomic E-state index is 12.2. The van der Waals surface area contributed by atoms with Gasteiger partial charge < -0.3 is 10.2 Å². The molecule has 0 bridgehead atoms. The summed E-state index contributed by atoms with van der Waals surface area (Å²) in [6.45, 7) is 12.1. The minimum absolute atomic E-state index is 0.128. The number of aromatic nitrogens is 2. The normalized spacial score (nSPS) is 18.9. The van der Waals surface area contributed by atoms with Crippen molar-refractivity contribution in [1.82, 2.24) is 14.9 Å².